The van der Waals surface area contributed by atoms with Gasteiger partial charge < -0.3 is 0 Å². The van der Waals surface area contributed by atoms with E-state index in [1.807, 2.05) is 42.8 Å². The van der Waals surface area contributed by atoms with E-state index in [1.54, 1.807) is 4.68 Å². The second kappa shape index (κ2) is 5.48. The van der Waals surface area contributed by atoms with Crippen LogP contribution in [0.2, 0.25) is 0 Å². The van der Waals surface area contributed by atoms with Crippen LogP contribution < -0.4 is 0 Å². The first-order valence-electron chi connectivity index (χ1n) is 5.84. The molecule has 1 fully saturated rings. The minimum atomic E-state index is 0.146. The number of rotatable bonds is 3. The highest BCUT2D eigenvalue weighted by Crippen LogP contribution is 2.36. The molecule has 2 heterocycles. The lowest BCUT2D eigenvalue weighted by Gasteiger charge is -2.30. The number of nitrogens with zero attached hydrogens (tertiary/aromatic N) is 2. The van der Waals surface area contributed by atoms with Gasteiger partial charge in [-0.25, -0.2) is 0 Å². The summed E-state index contributed by atoms with van der Waals surface area (Å²) < 4.78 is 1.75. The van der Waals surface area contributed by atoms with Crippen LogP contribution in [0, 0.1) is 0 Å². The Labute approximate surface area is 111 Å². The van der Waals surface area contributed by atoms with E-state index in [0.717, 1.165) is 11.4 Å². The highest BCUT2D eigenvalue weighted by Gasteiger charge is 2.30. The fourth-order valence-corrected chi connectivity index (χ4v) is 4.69. The molecule has 17 heavy (non-hydrogen) atoms. The van der Waals surface area contributed by atoms with Crippen LogP contribution in [0.1, 0.15) is 19.5 Å². The molecule has 5 heteroatoms. The maximum atomic E-state index is 12.1. The van der Waals surface area contributed by atoms with Crippen molar-refractivity contribution >= 4 is 29.3 Å². The maximum Gasteiger partial charge on any atom is 0.152 e. The summed E-state index contributed by atoms with van der Waals surface area (Å²) in [6.07, 6.45) is 2.36. The first-order chi connectivity index (χ1) is 8.06. The van der Waals surface area contributed by atoms with E-state index in [2.05, 4.69) is 18.9 Å². The van der Waals surface area contributed by atoms with Crippen LogP contribution in [0.25, 0.3) is 0 Å². The molecule has 0 N–H and O–H groups in total. The molecule has 1 aliphatic heterocycles. The van der Waals surface area contributed by atoms with Crippen LogP contribution in [-0.2, 0) is 18.3 Å². The number of carbonyl (C=O) groups excluding carboxylic acids is 1. The van der Waals surface area contributed by atoms with Gasteiger partial charge in [-0.05, 0) is 6.07 Å². The van der Waals surface area contributed by atoms with Crippen molar-refractivity contribution in [3.63, 3.8) is 0 Å². The normalized spacial score (nSPS) is 29.2. The average molecular weight is 270 g/mol. The predicted octanol–water partition coefficient (Wildman–Crippen LogP) is 2.16. The molecule has 1 saturated heterocycles. The second-order valence-electron chi connectivity index (χ2n) is 4.49. The van der Waals surface area contributed by atoms with Gasteiger partial charge in [0.05, 0.1) is 17.4 Å². The van der Waals surface area contributed by atoms with Gasteiger partial charge in [-0.15, -0.1) is 11.8 Å². The molecule has 3 unspecified atom stereocenters. The summed E-state index contributed by atoms with van der Waals surface area (Å²) in [6, 6.07) is 1.92. The van der Waals surface area contributed by atoms with E-state index in [0.29, 0.717) is 22.7 Å². The van der Waals surface area contributed by atoms with Gasteiger partial charge in [0.2, 0.25) is 0 Å². The zero-order valence-corrected chi connectivity index (χ0v) is 12.1. The topological polar surface area (TPSA) is 34.9 Å². The molecular formula is C12H18N2OS2. The molecule has 94 valence electrons. The van der Waals surface area contributed by atoms with E-state index < -0.39 is 0 Å². The Balaban J connectivity index is 1.92. The Morgan fingerprint density at radius 1 is 1.53 bits per heavy atom. The van der Waals surface area contributed by atoms with Crippen LogP contribution in [0.5, 0.6) is 0 Å². The number of hydrogen-bond acceptors (Lipinski definition) is 4. The summed E-state index contributed by atoms with van der Waals surface area (Å²) in [5.74, 6) is 1.27. The van der Waals surface area contributed by atoms with Crippen molar-refractivity contribution in [2.45, 2.75) is 36.0 Å². The van der Waals surface area contributed by atoms with Gasteiger partial charge in [-0.1, -0.05) is 13.8 Å². The third-order valence-electron chi connectivity index (χ3n) is 3.03. The summed E-state index contributed by atoms with van der Waals surface area (Å²) >= 11 is 3.73. The van der Waals surface area contributed by atoms with Crippen LogP contribution in [-0.4, -0.2) is 37.1 Å². The van der Waals surface area contributed by atoms with E-state index in [1.165, 1.54) is 0 Å². The molecule has 0 amide bonds. The quantitative estimate of drug-likeness (QED) is 0.843. The lowest BCUT2D eigenvalue weighted by Crippen LogP contribution is -2.32. The first kappa shape index (κ1) is 13.0. The number of hydrogen-bond donors (Lipinski definition) is 0. The number of aryl methyl sites for hydroxylation is 1. The minimum Gasteiger partial charge on any atom is -0.298 e. The lowest BCUT2D eigenvalue weighted by molar-refractivity contribution is -0.117. The van der Waals surface area contributed by atoms with Gasteiger partial charge in [0.1, 0.15) is 0 Å². The molecule has 0 aliphatic carbocycles. The van der Waals surface area contributed by atoms with Crippen molar-refractivity contribution in [2.75, 3.05) is 5.75 Å². The largest absolute Gasteiger partial charge is 0.298 e. The Morgan fingerprint density at radius 3 is 2.88 bits per heavy atom. The summed E-state index contributed by atoms with van der Waals surface area (Å²) in [5.41, 5.74) is 0.884. The molecule has 3 atom stereocenters. The van der Waals surface area contributed by atoms with Crippen molar-refractivity contribution in [3.8, 4) is 0 Å². The molecule has 0 aromatic carbocycles. The first-order valence-corrected chi connectivity index (χ1v) is 7.83. The smallest absolute Gasteiger partial charge is 0.152 e. The van der Waals surface area contributed by atoms with E-state index in [-0.39, 0.29) is 5.25 Å². The van der Waals surface area contributed by atoms with Crippen molar-refractivity contribution in [3.05, 3.63) is 18.0 Å². The van der Waals surface area contributed by atoms with E-state index in [9.17, 15) is 4.79 Å². The van der Waals surface area contributed by atoms with Crippen molar-refractivity contribution < 1.29 is 4.79 Å². The second-order valence-corrected chi connectivity index (χ2v) is 7.49. The number of thioether (sulfide) groups is 2. The maximum absolute atomic E-state index is 12.1. The van der Waals surface area contributed by atoms with Crippen LogP contribution in [0.15, 0.2) is 12.3 Å². The molecule has 3 nitrogen and oxygen atoms in total. The molecule has 1 aromatic rings. The fourth-order valence-electron chi connectivity index (χ4n) is 1.80. The number of carbonyl (C=O) groups is 1. The molecule has 0 spiro atoms. The zero-order valence-electron chi connectivity index (χ0n) is 10.4. The van der Waals surface area contributed by atoms with E-state index >= 15 is 0 Å². The van der Waals surface area contributed by atoms with Crippen molar-refractivity contribution in [1.29, 1.82) is 0 Å². The molecule has 1 aliphatic rings. The third-order valence-corrected chi connectivity index (χ3v) is 6.47. The van der Waals surface area contributed by atoms with Crippen molar-refractivity contribution in [2.24, 2.45) is 7.05 Å². The van der Waals surface area contributed by atoms with Gasteiger partial charge in [-0.3, -0.25) is 9.48 Å². The number of Topliss-reactive ketones (excluding diaryl/α,β-unsaturated/α-hetero) is 1. The summed E-state index contributed by atoms with van der Waals surface area (Å²) in [5, 5.41) is 5.62. The molecule has 1 aromatic heterocycles. The summed E-state index contributed by atoms with van der Waals surface area (Å²) in [6.45, 7) is 4.45. The zero-order chi connectivity index (χ0) is 12.4. The van der Waals surface area contributed by atoms with Gasteiger partial charge in [0, 0.05) is 29.5 Å². The Morgan fingerprint density at radius 2 is 2.29 bits per heavy atom. The van der Waals surface area contributed by atoms with Gasteiger partial charge in [0.25, 0.3) is 0 Å². The standard InChI is InChI=1S/C12H18N2OS2/c1-8-9(2)17-12(7-16-8)11(15)6-10-4-5-14(3)13-10/h4-5,8-9,12H,6-7H2,1-3H3. The molecular weight excluding hydrogens is 252 g/mol. The number of ketones is 1. The van der Waals surface area contributed by atoms with Crippen LogP contribution in [0.4, 0.5) is 0 Å². The lowest BCUT2D eigenvalue weighted by atomic mass is 10.2. The average Bonchev–Trinajstić information content (AvgIpc) is 2.68. The molecule has 0 saturated carbocycles. The summed E-state index contributed by atoms with van der Waals surface area (Å²) in [7, 11) is 1.88. The van der Waals surface area contributed by atoms with Crippen LogP contribution >= 0.6 is 23.5 Å². The predicted molar refractivity (Wildman–Crippen MR) is 74.7 cm³/mol. The van der Waals surface area contributed by atoms with Crippen molar-refractivity contribution in [1.82, 2.24) is 9.78 Å². The van der Waals surface area contributed by atoms with E-state index in [4.69, 9.17) is 0 Å². The van der Waals surface area contributed by atoms with Gasteiger partial charge in [0.15, 0.2) is 5.78 Å². The SMILES string of the molecule is CC1SCC(C(=O)Cc2ccn(C)n2)SC1C. The monoisotopic (exact) mass is 270 g/mol. The highest BCUT2D eigenvalue weighted by molar-refractivity contribution is 8.08. The van der Waals surface area contributed by atoms with Crippen LogP contribution in [0.3, 0.4) is 0 Å². The Bertz CT molecular complexity index is 405. The Hall–Kier alpha value is -0.420. The Kier molecular flexibility index (Phi) is 4.20. The van der Waals surface area contributed by atoms with Gasteiger partial charge >= 0.3 is 0 Å². The molecule has 2 rings (SSSR count). The fraction of sp³-hybridized carbons (Fsp3) is 0.667. The van der Waals surface area contributed by atoms with Gasteiger partial charge in [-0.2, -0.15) is 16.9 Å². The minimum absolute atomic E-state index is 0.146. The number of aromatic nitrogens is 2. The molecule has 0 radical (unpaired) electrons. The third kappa shape index (κ3) is 3.28. The molecule has 0 bridgehead atoms. The summed E-state index contributed by atoms with van der Waals surface area (Å²) in [4.78, 5) is 12.1. The highest BCUT2D eigenvalue weighted by atomic mass is 32.2.